The summed E-state index contributed by atoms with van der Waals surface area (Å²) in [6, 6.07) is 0.702. The van der Waals surface area contributed by atoms with Gasteiger partial charge >= 0.3 is 0 Å². The van der Waals surface area contributed by atoms with Gasteiger partial charge < -0.3 is 15.5 Å². The van der Waals surface area contributed by atoms with E-state index >= 15 is 0 Å². The van der Waals surface area contributed by atoms with Crippen molar-refractivity contribution in [3.05, 3.63) is 0 Å². The van der Waals surface area contributed by atoms with Gasteiger partial charge in [-0.25, -0.2) is 0 Å². The molecule has 0 radical (unpaired) electrons. The maximum absolute atomic E-state index is 3.66. The predicted molar refractivity (Wildman–Crippen MR) is 77.0 cm³/mol. The number of rotatable bonds is 5. The highest BCUT2D eigenvalue weighted by Gasteiger charge is 2.28. The molecule has 1 unspecified atom stereocenters. The second-order valence-electron chi connectivity index (χ2n) is 6.53. The molecule has 2 aliphatic rings. The molecule has 0 spiro atoms. The van der Waals surface area contributed by atoms with Crippen LogP contribution in [0.25, 0.3) is 0 Å². The van der Waals surface area contributed by atoms with E-state index in [-0.39, 0.29) is 5.54 Å². The Balaban J connectivity index is 1.69. The van der Waals surface area contributed by atoms with Gasteiger partial charge in [-0.3, -0.25) is 4.90 Å². The summed E-state index contributed by atoms with van der Waals surface area (Å²) in [6.07, 6.45) is 2.68. The zero-order valence-corrected chi connectivity index (χ0v) is 12.3. The third-order valence-corrected chi connectivity index (χ3v) is 4.47. The molecule has 4 nitrogen and oxygen atoms in total. The van der Waals surface area contributed by atoms with Crippen molar-refractivity contribution in [1.82, 2.24) is 20.4 Å². The molecule has 18 heavy (non-hydrogen) atoms. The molecular weight excluding hydrogens is 224 g/mol. The molecule has 0 aliphatic carbocycles. The van der Waals surface area contributed by atoms with E-state index in [0.29, 0.717) is 6.04 Å². The van der Waals surface area contributed by atoms with Crippen molar-refractivity contribution < 1.29 is 0 Å². The molecular formula is C14H30N4. The fourth-order valence-electron chi connectivity index (χ4n) is 3.01. The molecule has 0 saturated carbocycles. The summed E-state index contributed by atoms with van der Waals surface area (Å²) >= 11 is 0. The van der Waals surface area contributed by atoms with Gasteiger partial charge in [-0.2, -0.15) is 0 Å². The second kappa shape index (κ2) is 6.33. The summed E-state index contributed by atoms with van der Waals surface area (Å²) in [5, 5.41) is 7.20. The molecule has 0 amide bonds. The molecule has 0 aromatic rings. The summed E-state index contributed by atoms with van der Waals surface area (Å²) in [5.74, 6) is 0. The Bertz CT molecular complexity index is 240. The first-order chi connectivity index (χ1) is 8.58. The van der Waals surface area contributed by atoms with E-state index in [2.05, 4.69) is 41.3 Å². The minimum atomic E-state index is 0.278. The lowest BCUT2D eigenvalue weighted by atomic mass is 10.0. The summed E-state index contributed by atoms with van der Waals surface area (Å²) in [6.45, 7) is 13.0. The van der Waals surface area contributed by atoms with Crippen molar-refractivity contribution in [3.8, 4) is 0 Å². The quantitative estimate of drug-likeness (QED) is 0.741. The molecule has 2 rings (SSSR count). The zero-order valence-electron chi connectivity index (χ0n) is 12.3. The van der Waals surface area contributed by atoms with Gasteiger partial charge in [0.05, 0.1) is 0 Å². The van der Waals surface area contributed by atoms with Gasteiger partial charge in [0.15, 0.2) is 0 Å². The summed E-state index contributed by atoms with van der Waals surface area (Å²) in [7, 11) is 2.22. The van der Waals surface area contributed by atoms with Gasteiger partial charge in [-0.15, -0.1) is 0 Å². The van der Waals surface area contributed by atoms with Crippen molar-refractivity contribution >= 4 is 0 Å². The van der Waals surface area contributed by atoms with Crippen LogP contribution < -0.4 is 10.6 Å². The van der Waals surface area contributed by atoms with E-state index in [1.54, 1.807) is 0 Å². The number of hydrogen-bond donors (Lipinski definition) is 2. The first kappa shape index (κ1) is 14.3. The molecule has 2 heterocycles. The predicted octanol–water partition coefficient (Wildman–Crippen LogP) is 0.354. The van der Waals surface area contributed by atoms with Gasteiger partial charge in [0.2, 0.25) is 0 Å². The van der Waals surface area contributed by atoms with Crippen molar-refractivity contribution in [2.24, 2.45) is 0 Å². The standard InChI is InChI=1S/C14H30N4/c1-14(2,18-9-7-17(3)8-10-18)12-15-11-13-5-4-6-16-13/h13,15-16H,4-12H2,1-3H3. The Morgan fingerprint density at radius 2 is 1.94 bits per heavy atom. The zero-order chi connectivity index (χ0) is 13.0. The highest BCUT2D eigenvalue weighted by Crippen LogP contribution is 2.15. The lowest BCUT2D eigenvalue weighted by Gasteiger charge is -2.43. The molecule has 0 bridgehead atoms. The van der Waals surface area contributed by atoms with E-state index in [1.165, 1.54) is 45.6 Å². The van der Waals surface area contributed by atoms with Crippen molar-refractivity contribution in [2.75, 3.05) is 52.9 Å². The molecule has 2 saturated heterocycles. The summed E-state index contributed by atoms with van der Waals surface area (Å²) in [4.78, 5) is 5.05. The van der Waals surface area contributed by atoms with Crippen LogP contribution in [-0.4, -0.2) is 74.2 Å². The van der Waals surface area contributed by atoms with E-state index in [1.807, 2.05) is 0 Å². The van der Waals surface area contributed by atoms with Gasteiger partial charge in [0.1, 0.15) is 0 Å². The van der Waals surface area contributed by atoms with Gasteiger partial charge in [-0.05, 0) is 40.3 Å². The molecule has 2 N–H and O–H groups in total. The topological polar surface area (TPSA) is 30.5 Å². The number of piperazine rings is 1. The Hall–Kier alpha value is -0.160. The fraction of sp³-hybridized carbons (Fsp3) is 1.00. The lowest BCUT2D eigenvalue weighted by molar-refractivity contribution is 0.0618. The van der Waals surface area contributed by atoms with Crippen LogP contribution in [0.15, 0.2) is 0 Å². The Labute approximate surface area is 112 Å². The molecule has 0 aromatic carbocycles. The van der Waals surface area contributed by atoms with Crippen LogP contribution in [0.4, 0.5) is 0 Å². The van der Waals surface area contributed by atoms with Gasteiger partial charge in [-0.1, -0.05) is 0 Å². The van der Waals surface area contributed by atoms with Crippen molar-refractivity contribution in [3.63, 3.8) is 0 Å². The van der Waals surface area contributed by atoms with Crippen molar-refractivity contribution in [1.29, 1.82) is 0 Å². The molecule has 2 aliphatic heterocycles. The van der Waals surface area contributed by atoms with E-state index in [4.69, 9.17) is 0 Å². The third-order valence-electron chi connectivity index (χ3n) is 4.47. The number of nitrogens with zero attached hydrogens (tertiary/aromatic N) is 2. The Morgan fingerprint density at radius 1 is 1.22 bits per heavy atom. The average Bonchev–Trinajstić information content (AvgIpc) is 2.82. The summed E-state index contributed by atoms with van der Waals surface area (Å²) < 4.78 is 0. The summed E-state index contributed by atoms with van der Waals surface area (Å²) in [5.41, 5.74) is 0.278. The van der Waals surface area contributed by atoms with E-state index in [0.717, 1.165) is 13.1 Å². The number of hydrogen-bond acceptors (Lipinski definition) is 4. The fourth-order valence-corrected chi connectivity index (χ4v) is 3.01. The van der Waals surface area contributed by atoms with Crippen LogP contribution in [0.2, 0.25) is 0 Å². The first-order valence-corrected chi connectivity index (χ1v) is 7.46. The van der Waals surface area contributed by atoms with Gasteiger partial charge in [0, 0.05) is 50.8 Å². The molecule has 1 atom stereocenters. The van der Waals surface area contributed by atoms with Gasteiger partial charge in [0.25, 0.3) is 0 Å². The highest BCUT2D eigenvalue weighted by atomic mass is 15.3. The average molecular weight is 254 g/mol. The normalized spacial score (nSPS) is 27.8. The third kappa shape index (κ3) is 3.92. The monoisotopic (exact) mass is 254 g/mol. The SMILES string of the molecule is CN1CCN(C(C)(C)CNCC2CCCN2)CC1. The Kier molecular flexibility index (Phi) is 5.01. The highest BCUT2D eigenvalue weighted by molar-refractivity contribution is 4.88. The minimum Gasteiger partial charge on any atom is -0.313 e. The minimum absolute atomic E-state index is 0.278. The number of nitrogens with one attached hydrogen (secondary N) is 2. The first-order valence-electron chi connectivity index (χ1n) is 7.46. The van der Waals surface area contributed by atoms with Crippen molar-refractivity contribution in [2.45, 2.75) is 38.3 Å². The van der Waals surface area contributed by atoms with Crippen LogP contribution in [0.1, 0.15) is 26.7 Å². The second-order valence-corrected chi connectivity index (χ2v) is 6.53. The largest absolute Gasteiger partial charge is 0.313 e. The molecule has 0 aromatic heterocycles. The van der Waals surface area contributed by atoms with Crippen LogP contribution in [0.3, 0.4) is 0 Å². The van der Waals surface area contributed by atoms with Crippen LogP contribution >= 0.6 is 0 Å². The van der Waals surface area contributed by atoms with Crippen LogP contribution in [-0.2, 0) is 0 Å². The number of likely N-dealkylation sites (N-methyl/N-ethyl adjacent to an activating group) is 1. The smallest absolute Gasteiger partial charge is 0.0278 e. The van der Waals surface area contributed by atoms with E-state index < -0.39 is 0 Å². The molecule has 2 fully saturated rings. The molecule has 4 heteroatoms. The molecule has 106 valence electrons. The van der Waals surface area contributed by atoms with Crippen LogP contribution in [0.5, 0.6) is 0 Å². The Morgan fingerprint density at radius 3 is 2.56 bits per heavy atom. The van der Waals surface area contributed by atoms with Crippen LogP contribution in [0, 0.1) is 0 Å². The maximum Gasteiger partial charge on any atom is 0.0278 e. The lowest BCUT2D eigenvalue weighted by Crippen LogP contribution is -2.57. The maximum atomic E-state index is 3.66. The van der Waals surface area contributed by atoms with E-state index in [9.17, 15) is 0 Å².